The number of para-hydroxylation sites is 1. The Morgan fingerprint density at radius 1 is 1.04 bits per heavy atom. The monoisotopic (exact) mass is 397 g/mol. The van der Waals surface area contributed by atoms with Crippen LogP contribution < -0.4 is 5.32 Å². The maximum Gasteiger partial charge on any atom is 0.0594 e. The molecule has 148 valence electrons. The van der Waals surface area contributed by atoms with E-state index in [4.69, 9.17) is 16.3 Å². The number of rotatable bonds is 7. The summed E-state index contributed by atoms with van der Waals surface area (Å²) in [6.45, 7) is 9.74. The minimum Gasteiger partial charge on any atom is -0.379 e. The summed E-state index contributed by atoms with van der Waals surface area (Å²) in [5.74, 6) is 0. The van der Waals surface area contributed by atoms with E-state index in [0.29, 0.717) is 0 Å². The fourth-order valence-electron chi connectivity index (χ4n) is 4.00. The molecule has 5 heteroatoms. The molecule has 0 aliphatic carbocycles. The lowest BCUT2D eigenvalue weighted by atomic mass is 10.1. The van der Waals surface area contributed by atoms with Crippen LogP contribution in [0.25, 0.3) is 10.9 Å². The Hall–Kier alpha value is -1.85. The third-order valence-corrected chi connectivity index (χ3v) is 6.03. The number of fused-ring (bicyclic) bond motifs is 1. The van der Waals surface area contributed by atoms with Crippen molar-refractivity contribution in [1.82, 2.24) is 14.8 Å². The van der Waals surface area contributed by atoms with Crippen molar-refractivity contribution >= 4 is 22.5 Å². The molecule has 3 aromatic rings. The van der Waals surface area contributed by atoms with E-state index in [1.807, 2.05) is 12.1 Å². The van der Waals surface area contributed by atoms with Gasteiger partial charge in [-0.2, -0.15) is 0 Å². The summed E-state index contributed by atoms with van der Waals surface area (Å²) >= 11 is 6.42. The van der Waals surface area contributed by atoms with E-state index in [2.05, 4.69) is 58.1 Å². The minimum absolute atomic E-state index is 0.791. The van der Waals surface area contributed by atoms with Crippen molar-refractivity contribution in [3.63, 3.8) is 0 Å². The fourth-order valence-corrected chi connectivity index (χ4v) is 4.20. The quantitative estimate of drug-likeness (QED) is 0.609. The van der Waals surface area contributed by atoms with Crippen LogP contribution in [0, 0.1) is 6.92 Å². The summed E-state index contributed by atoms with van der Waals surface area (Å²) in [7, 11) is 0. The van der Waals surface area contributed by atoms with Crippen LogP contribution >= 0.6 is 11.6 Å². The molecule has 0 radical (unpaired) electrons. The summed E-state index contributed by atoms with van der Waals surface area (Å²) in [5, 5.41) is 5.80. The van der Waals surface area contributed by atoms with Gasteiger partial charge in [0.15, 0.2) is 0 Å². The molecule has 4 rings (SSSR count). The molecule has 4 nitrogen and oxygen atoms in total. The number of aromatic nitrogens is 1. The predicted molar refractivity (Wildman–Crippen MR) is 116 cm³/mol. The van der Waals surface area contributed by atoms with Crippen LogP contribution in [0.2, 0.25) is 5.02 Å². The van der Waals surface area contributed by atoms with E-state index < -0.39 is 0 Å². The highest BCUT2D eigenvalue weighted by Crippen LogP contribution is 2.28. The van der Waals surface area contributed by atoms with Crippen LogP contribution in [0.3, 0.4) is 0 Å². The van der Waals surface area contributed by atoms with Crippen LogP contribution in [0.5, 0.6) is 0 Å². The highest BCUT2D eigenvalue weighted by Gasteiger charge is 2.15. The largest absolute Gasteiger partial charge is 0.379 e. The lowest BCUT2D eigenvalue weighted by Gasteiger charge is -2.26. The summed E-state index contributed by atoms with van der Waals surface area (Å²) in [6, 6.07) is 16.8. The van der Waals surface area contributed by atoms with Crippen molar-refractivity contribution < 1.29 is 4.74 Å². The van der Waals surface area contributed by atoms with Gasteiger partial charge in [-0.15, -0.1) is 0 Å². The van der Waals surface area contributed by atoms with Crippen LogP contribution in [0.15, 0.2) is 48.5 Å². The number of morpholine rings is 1. The lowest BCUT2D eigenvalue weighted by molar-refractivity contribution is 0.0384. The SMILES string of the molecule is Cc1c(CNCCN2CCOCC2)c2ccccc2n1Cc1ccccc1Cl. The molecule has 2 heterocycles. The first-order valence-electron chi connectivity index (χ1n) is 10.0. The van der Waals surface area contributed by atoms with Gasteiger partial charge in [0.2, 0.25) is 0 Å². The summed E-state index contributed by atoms with van der Waals surface area (Å²) < 4.78 is 7.81. The number of ether oxygens (including phenoxy) is 1. The number of nitrogens with zero attached hydrogens (tertiary/aromatic N) is 2. The smallest absolute Gasteiger partial charge is 0.0594 e. The Morgan fingerprint density at radius 2 is 1.79 bits per heavy atom. The maximum absolute atomic E-state index is 6.42. The summed E-state index contributed by atoms with van der Waals surface area (Å²) in [6.07, 6.45) is 0. The molecule has 0 bridgehead atoms. The number of halogens is 1. The first kappa shape index (κ1) is 19.5. The van der Waals surface area contributed by atoms with Gasteiger partial charge in [0.1, 0.15) is 0 Å². The predicted octanol–water partition coefficient (Wildman–Crippen LogP) is 4.07. The molecule has 0 saturated carbocycles. The van der Waals surface area contributed by atoms with Gasteiger partial charge in [-0.25, -0.2) is 0 Å². The second-order valence-corrected chi connectivity index (χ2v) is 7.80. The van der Waals surface area contributed by atoms with Crippen LogP contribution in [-0.2, 0) is 17.8 Å². The van der Waals surface area contributed by atoms with Crippen LogP contribution in [0.4, 0.5) is 0 Å². The average Bonchev–Trinajstić information content (AvgIpc) is 2.99. The highest BCUT2D eigenvalue weighted by molar-refractivity contribution is 6.31. The summed E-state index contributed by atoms with van der Waals surface area (Å²) in [5.41, 5.74) is 5.11. The normalized spacial score (nSPS) is 15.4. The third-order valence-electron chi connectivity index (χ3n) is 5.66. The molecule has 28 heavy (non-hydrogen) atoms. The Balaban J connectivity index is 1.50. The molecular formula is C23H28ClN3O. The Bertz CT molecular complexity index is 931. The molecule has 1 N–H and O–H groups in total. The molecule has 1 aromatic heterocycles. The molecule has 0 atom stereocenters. The van der Waals surface area contributed by atoms with E-state index in [1.165, 1.54) is 22.2 Å². The third kappa shape index (κ3) is 4.26. The molecule has 1 saturated heterocycles. The van der Waals surface area contributed by atoms with Gasteiger partial charge in [-0.1, -0.05) is 48.0 Å². The minimum atomic E-state index is 0.791. The number of hydrogen-bond acceptors (Lipinski definition) is 3. The average molecular weight is 398 g/mol. The lowest BCUT2D eigenvalue weighted by Crippen LogP contribution is -2.40. The molecule has 2 aromatic carbocycles. The second-order valence-electron chi connectivity index (χ2n) is 7.39. The molecule has 0 amide bonds. The second kappa shape index (κ2) is 9.10. The first-order chi connectivity index (χ1) is 13.7. The fraction of sp³-hybridized carbons (Fsp3) is 0.391. The van der Waals surface area contributed by atoms with E-state index in [1.54, 1.807) is 0 Å². The maximum atomic E-state index is 6.42. The van der Waals surface area contributed by atoms with Gasteiger partial charge in [-0.3, -0.25) is 4.90 Å². The first-order valence-corrected chi connectivity index (χ1v) is 10.4. The van der Waals surface area contributed by atoms with Gasteiger partial charge in [-0.05, 0) is 30.2 Å². The van der Waals surface area contributed by atoms with Gasteiger partial charge in [0.25, 0.3) is 0 Å². The van der Waals surface area contributed by atoms with E-state index >= 15 is 0 Å². The van der Waals surface area contributed by atoms with Gasteiger partial charge in [0.05, 0.1) is 13.2 Å². The molecule has 1 fully saturated rings. The van der Waals surface area contributed by atoms with E-state index in [-0.39, 0.29) is 0 Å². The van der Waals surface area contributed by atoms with Crippen molar-refractivity contribution in [2.75, 3.05) is 39.4 Å². The van der Waals surface area contributed by atoms with Gasteiger partial charge < -0.3 is 14.6 Å². The van der Waals surface area contributed by atoms with Crippen molar-refractivity contribution in [1.29, 1.82) is 0 Å². The molecular weight excluding hydrogens is 370 g/mol. The van der Waals surface area contributed by atoms with Crippen molar-refractivity contribution in [2.24, 2.45) is 0 Å². The van der Waals surface area contributed by atoms with Crippen molar-refractivity contribution in [2.45, 2.75) is 20.0 Å². The zero-order valence-corrected chi connectivity index (χ0v) is 17.2. The Morgan fingerprint density at radius 3 is 2.61 bits per heavy atom. The topological polar surface area (TPSA) is 29.4 Å². The zero-order chi connectivity index (χ0) is 19.3. The van der Waals surface area contributed by atoms with E-state index in [0.717, 1.165) is 63.1 Å². The molecule has 0 unspecified atom stereocenters. The van der Waals surface area contributed by atoms with Crippen molar-refractivity contribution in [3.8, 4) is 0 Å². The zero-order valence-electron chi connectivity index (χ0n) is 16.5. The van der Waals surface area contributed by atoms with Gasteiger partial charge in [0, 0.05) is 60.9 Å². The van der Waals surface area contributed by atoms with Crippen LogP contribution in [-0.4, -0.2) is 48.9 Å². The number of hydrogen-bond donors (Lipinski definition) is 1. The molecule has 0 spiro atoms. The van der Waals surface area contributed by atoms with E-state index in [9.17, 15) is 0 Å². The van der Waals surface area contributed by atoms with Crippen molar-refractivity contribution in [3.05, 3.63) is 70.4 Å². The van der Waals surface area contributed by atoms with Crippen LogP contribution in [0.1, 0.15) is 16.8 Å². The Labute approximate surface area is 172 Å². The molecule has 1 aliphatic rings. The Kier molecular flexibility index (Phi) is 6.33. The highest BCUT2D eigenvalue weighted by atomic mass is 35.5. The number of nitrogens with one attached hydrogen (secondary N) is 1. The summed E-state index contributed by atoms with van der Waals surface area (Å²) in [4.78, 5) is 2.46. The number of benzene rings is 2. The molecule has 1 aliphatic heterocycles. The van der Waals surface area contributed by atoms with Gasteiger partial charge >= 0.3 is 0 Å². The standard InChI is InChI=1S/C23H28ClN3O/c1-18-21(16-25-10-11-26-12-14-28-15-13-26)20-7-3-5-9-23(20)27(18)17-19-6-2-4-8-22(19)24/h2-9,25H,10-17H2,1H3.